The van der Waals surface area contributed by atoms with E-state index in [0.717, 1.165) is 17.7 Å². The number of carbonyl (C=O) groups is 1. The Morgan fingerprint density at radius 1 is 1.32 bits per heavy atom. The Morgan fingerprint density at radius 3 is 2.58 bits per heavy atom. The number of benzene rings is 1. The van der Waals surface area contributed by atoms with Gasteiger partial charge in [-0.1, -0.05) is 6.07 Å². The van der Waals surface area contributed by atoms with Crippen molar-refractivity contribution >= 4 is 16.8 Å². The average Bonchev–Trinajstić information content (AvgIpc) is 2.26. The van der Waals surface area contributed by atoms with Gasteiger partial charge in [-0.05, 0) is 30.7 Å². The van der Waals surface area contributed by atoms with Gasteiger partial charge in [0.15, 0.2) is 0 Å². The van der Waals surface area contributed by atoms with E-state index in [1.165, 1.54) is 6.07 Å². The number of amides is 1. The molecule has 2 N–H and O–H groups in total. The number of primary amides is 1. The van der Waals surface area contributed by atoms with Crippen molar-refractivity contribution in [2.45, 2.75) is 19.5 Å². The van der Waals surface area contributed by atoms with E-state index < -0.39 is 17.6 Å². The van der Waals surface area contributed by atoms with Gasteiger partial charge < -0.3 is 5.73 Å². The van der Waals surface area contributed by atoms with Crippen LogP contribution in [0.15, 0.2) is 24.3 Å². The average molecular weight is 268 g/mol. The maximum Gasteiger partial charge on any atom is 0.416 e. The molecule has 0 aliphatic rings. The lowest BCUT2D eigenvalue weighted by Gasteiger charge is -2.10. The first kappa shape index (κ1) is 13.3. The Labute approximate surface area is 107 Å². The van der Waals surface area contributed by atoms with Crippen LogP contribution in [0.1, 0.15) is 16.8 Å². The van der Waals surface area contributed by atoms with Crippen molar-refractivity contribution < 1.29 is 18.0 Å². The molecule has 0 saturated heterocycles. The highest BCUT2D eigenvalue weighted by atomic mass is 19.4. The van der Waals surface area contributed by atoms with Crippen LogP contribution in [0.2, 0.25) is 0 Å². The number of carbonyl (C=O) groups excluding carboxylic acids is 1. The molecule has 0 aliphatic heterocycles. The highest BCUT2D eigenvalue weighted by Gasteiger charge is 2.30. The third-order valence-electron chi connectivity index (χ3n) is 2.75. The maximum atomic E-state index is 12.6. The van der Waals surface area contributed by atoms with Gasteiger partial charge in [-0.3, -0.25) is 9.78 Å². The fraction of sp³-hybridized carbons (Fsp3) is 0.231. The third-order valence-corrected chi connectivity index (χ3v) is 2.75. The third kappa shape index (κ3) is 2.83. The molecule has 0 fully saturated rings. The zero-order valence-corrected chi connectivity index (χ0v) is 10.1. The van der Waals surface area contributed by atoms with E-state index in [1.807, 2.05) is 0 Å². The topological polar surface area (TPSA) is 56.0 Å². The van der Waals surface area contributed by atoms with Gasteiger partial charge in [-0.15, -0.1) is 0 Å². The van der Waals surface area contributed by atoms with Crippen molar-refractivity contribution in [3.63, 3.8) is 0 Å². The van der Waals surface area contributed by atoms with Crippen LogP contribution in [-0.4, -0.2) is 10.9 Å². The highest BCUT2D eigenvalue weighted by Crippen LogP contribution is 2.31. The lowest BCUT2D eigenvalue weighted by molar-refractivity contribution is -0.137. The second-order valence-electron chi connectivity index (χ2n) is 4.30. The number of alkyl halides is 3. The summed E-state index contributed by atoms with van der Waals surface area (Å²) in [5, 5.41) is 0.626. The van der Waals surface area contributed by atoms with Crippen LogP contribution in [0.4, 0.5) is 13.2 Å². The van der Waals surface area contributed by atoms with Gasteiger partial charge in [0, 0.05) is 5.39 Å². The Bertz CT molecular complexity index is 650. The quantitative estimate of drug-likeness (QED) is 0.910. The summed E-state index contributed by atoms with van der Waals surface area (Å²) in [4.78, 5) is 14.9. The second kappa shape index (κ2) is 4.53. The van der Waals surface area contributed by atoms with Gasteiger partial charge in [0.1, 0.15) is 0 Å². The number of nitrogens with zero attached hydrogens (tertiary/aromatic N) is 1. The Balaban J connectivity index is 2.59. The summed E-state index contributed by atoms with van der Waals surface area (Å²) in [5.74, 6) is -0.571. The molecule has 1 aromatic heterocycles. The molecule has 0 radical (unpaired) electrons. The van der Waals surface area contributed by atoms with Gasteiger partial charge in [0.05, 0.1) is 23.2 Å². The number of hydrogen-bond acceptors (Lipinski definition) is 2. The fourth-order valence-corrected chi connectivity index (χ4v) is 1.92. The molecule has 1 aromatic carbocycles. The fourth-order valence-electron chi connectivity index (χ4n) is 1.92. The van der Waals surface area contributed by atoms with Crippen LogP contribution in [0.3, 0.4) is 0 Å². The van der Waals surface area contributed by atoms with E-state index in [9.17, 15) is 18.0 Å². The summed E-state index contributed by atoms with van der Waals surface area (Å²) in [6.45, 7) is 1.75. The van der Waals surface area contributed by atoms with Crippen molar-refractivity contribution in [2.75, 3.05) is 0 Å². The van der Waals surface area contributed by atoms with Gasteiger partial charge >= 0.3 is 6.18 Å². The minimum atomic E-state index is -4.41. The summed E-state index contributed by atoms with van der Waals surface area (Å²) >= 11 is 0. The van der Waals surface area contributed by atoms with E-state index in [2.05, 4.69) is 4.98 Å². The van der Waals surface area contributed by atoms with E-state index in [0.29, 0.717) is 11.1 Å². The number of fused-ring (bicyclic) bond motifs is 1. The van der Waals surface area contributed by atoms with E-state index in [4.69, 9.17) is 5.73 Å². The maximum absolute atomic E-state index is 12.6. The molecule has 1 amide bonds. The number of aryl methyl sites for hydroxylation is 1. The van der Waals surface area contributed by atoms with Crippen LogP contribution in [0.25, 0.3) is 10.9 Å². The number of halogens is 3. The molecular weight excluding hydrogens is 257 g/mol. The number of nitrogens with two attached hydrogens (primary N) is 1. The summed E-state index contributed by atoms with van der Waals surface area (Å²) < 4.78 is 37.9. The minimum Gasteiger partial charge on any atom is -0.369 e. The Morgan fingerprint density at radius 2 is 2.00 bits per heavy atom. The Hall–Kier alpha value is -2.11. The molecule has 1 heterocycles. The normalized spacial score (nSPS) is 11.8. The largest absolute Gasteiger partial charge is 0.416 e. The summed E-state index contributed by atoms with van der Waals surface area (Å²) in [6, 6.07) is 5.03. The number of rotatable bonds is 2. The molecule has 0 unspecified atom stereocenters. The van der Waals surface area contributed by atoms with Crippen LogP contribution < -0.4 is 5.73 Å². The lowest BCUT2D eigenvalue weighted by atomic mass is 10.1. The number of aromatic nitrogens is 1. The van der Waals surface area contributed by atoms with Crippen LogP contribution in [-0.2, 0) is 17.4 Å². The first-order chi connectivity index (χ1) is 8.77. The molecule has 0 atom stereocenters. The SMILES string of the molecule is Cc1cc(CC(N)=O)nc2cc(C(F)(F)F)ccc12. The standard InChI is InChI=1S/C13H11F3N2O/c1-7-4-9(6-12(17)19)18-11-5-8(13(14,15)16)2-3-10(7)11/h2-5H,6H2,1H3,(H2,17,19). The highest BCUT2D eigenvalue weighted by molar-refractivity contribution is 5.84. The van der Waals surface area contributed by atoms with Crippen LogP contribution in [0, 0.1) is 6.92 Å². The molecule has 0 saturated carbocycles. The monoisotopic (exact) mass is 268 g/mol. The van der Waals surface area contributed by atoms with Crippen LogP contribution in [0.5, 0.6) is 0 Å². The van der Waals surface area contributed by atoms with Gasteiger partial charge in [-0.2, -0.15) is 13.2 Å². The van der Waals surface area contributed by atoms with Gasteiger partial charge in [0.2, 0.25) is 5.91 Å². The Kier molecular flexibility index (Phi) is 3.18. The molecule has 0 aliphatic carbocycles. The van der Waals surface area contributed by atoms with Crippen molar-refractivity contribution in [2.24, 2.45) is 5.73 Å². The predicted octanol–water partition coefficient (Wildman–Crippen LogP) is 2.59. The molecule has 0 spiro atoms. The molecule has 3 nitrogen and oxygen atoms in total. The van der Waals surface area contributed by atoms with Crippen molar-refractivity contribution in [3.05, 3.63) is 41.1 Å². The summed E-state index contributed by atoms with van der Waals surface area (Å²) in [5.41, 5.74) is 5.64. The van der Waals surface area contributed by atoms with Crippen molar-refractivity contribution in [3.8, 4) is 0 Å². The summed E-state index contributed by atoms with van der Waals surface area (Å²) in [6.07, 6.45) is -4.50. The molecule has 100 valence electrons. The minimum absolute atomic E-state index is 0.0903. The van der Waals surface area contributed by atoms with E-state index in [-0.39, 0.29) is 11.9 Å². The smallest absolute Gasteiger partial charge is 0.369 e. The molecule has 2 aromatic rings. The van der Waals surface area contributed by atoms with E-state index in [1.54, 1.807) is 13.0 Å². The zero-order valence-electron chi connectivity index (χ0n) is 10.1. The molecule has 2 rings (SSSR count). The number of hydrogen-bond donors (Lipinski definition) is 1. The second-order valence-corrected chi connectivity index (χ2v) is 4.30. The molecular formula is C13H11F3N2O. The zero-order chi connectivity index (χ0) is 14.2. The van der Waals surface area contributed by atoms with Gasteiger partial charge in [0.25, 0.3) is 0 Å². The first-order valence-corrected chi connectivity index (χ1v) is 5.53. The first-order valence-electron chi connectivity index (χ1n) is 5.53. The van der Waals surface area contributed by atoms with Crippen molar-refractivity contribution in [1.82, 2.24) is 4.98 Å². The predicted molar refractivity (Wildman–Crippen MR) is 64.4 cm³/mol. The molecule has 6 heteroatoms. The van der Waals surface area contributed by atoms with Gasteiger partial charge in [-0.25, -0.2) is 0 Å². The van der Waals surface area contributed by atoms with E-state index >= 15 is 0 Å². The van der Waals surface area contributed by atoms with Crippen molar-refractivity contribution in [1.29, 1.82) is 0 Å². The lowest BCUT2D eigenvalue weighted by Crippen LogP contribution is -2.14. The number of pyridine rings is 1. The molecule has 0 bridgehead atoms. The molecule has 19 heavy (non-hydrogen) atoms. The summed E-state index contributed by atoms with van der Waals surface area (Å²) in [7, 11) is 0. The van der Waals surface area contributed by atoms with Crippen LogP contribution >= 0.6 is 0 Å².